The molecule has 0 saturated carbocycles. The molecule has 3 aromatic heterocycles. The Morgan fingerprint density at radius 1 is 1.10 bits per heavy atom. The highest BCUT2D eigenvalue weighted by Gasteiger charge is 2.39. The van der Waals surface area contributed by atoms with Gasteiger partial charge < -0.3 is 14.1 Å². The molecule has 0 aliphatic carbocycles. The van der Waals surface area contributed by atoms with Crippen LogP contribution in [0.15, 0.2) is 63.9 Å². The van der Waals surface area contributed by atoms with E-state index < -0.39 is 17.4 Å². The van der Waals surface area contributed by atoms with Gasteiger partial charge in [-0.05, 0) is 17.7 Å². The van der Waals surface area contributed by atoms with Crippen LogP contribution in [0.4, 0.5) is 13.2 Å². The zero-order valence-electron chi connectivity index (χ0n) is 15.9. The number of hydrogen-bond donors (Lipinski definition) is 1. The van der Waals surface area contributed by atoms with Crippen molar-refractivity contribution in [1.29, 1.82) is 0 Å². The van der Waals surface area contributed by atoms with Gasteiger partial charge in [-0.3, -0.25) is 4.79 Å². The summed E-state index contributed by atoms with van der Waals surface area (Å²) >= 11 is 0. The van der Waals surface area contributed by atoms with E-state index in [-0.39, 0.29) is 28.2 Å². The molecule has 0 fully saturated rings. The van der Waals surface area contributed by atoms with E-state index in [0.29, 0.717) is 21.4 Å². The Morgan fingerprint density at radius 3 is 2.58 bits per heavy atom. The number of aromatic nitrogens is 4. The standard InChI is InChI=1S/C21H13F3N4O3/c1-30-13-8-5-9-14-16(13)26-19(31-14)12-10-25-18-15(11-6-3-2-4-7-11)17(21(22,23)24)27-28(18)20(12)29/h2-10,25H,1H3. The molecule has 0 unspecified atom stereocenters. The van der Waals surface area contributed by atoms with E-state index in [1.165, 1.54) is 25.4 Å². The molecule has 0 amide bonds. The van der Waals surface area contributed by atoms with Gasteiger partial charge in [-0.15, -0.1) is 0 Å². The van der Waals surface area contributed by atoms with Gasteiger partial charge in [0.25, 0.3) is 5.56 Å². The van der Waals surface area contributed by atoms with Crippen molar-refractivity contribution in [2.24, 2.45) is 0 Å². The summed E-state index contributed by atoms with van der Waals surface area (Å²) in [5.41, 5.74) is -1.29. The minimum Gasteiger partial charge on any atom is -0.494 e. The minimum absolute atomic E-state index is 0.0621. The molecule has 156 valence electrons. The second kappa shape index (κ2) is 6.73. The number of oxazole rings is 1. The number of H-pyrrole nitrogens is 1. The highest BCUT2D eigenvalue weighted by Crippen LogP contribution is 2.38. The van der Waals surface area contributed by atoms with Gasteiger partial charge >= 0.3 is 6.18 Å². The zero-order chi connectivity index (χ0) is 21.8. The number of nitrogens with zero attached hydrogens (tertiary/aromatic N) is 3. The van der Waals surface area contributed by atoms with Crippen molar-refractivity contribution >= 4 is 16.7 Å². The van der Waals surface area contributed by atoms with Crippen molar-refractivity contribution in [3.05, 3.63) is 70.8 Å². The smallest absolute Gasteiger partial charge is 0.435 e. The summed E-state index contributed by atoms with van der Waals surface area (Å²) in [7, 11) is 1.47. The van der Waals surface area contributed by atoms with Gasteiger partial charge in [0, 0.05) is 6.20 Å². The number of methoxy groups -OCH3 is 1. The Labute approximate surface area is 171 Å². The first kappa shape index (κ1) is 18.9. The summed E-state index contributed by atoms with van der Waals surface area (Å²) in [5.74, 6) is 0.378. The average Bonchev–Trinajstić information content (AvgIpc) is 3.36. The lowest BCUT2D eigenvalue weighted by Gasteiger charge is -2.06. The van der Waals surface area contributed by atoms with Crippen molar-refractivity contribution in [3.63, 3.8) is 0 Å². The maximum atomic E-state index is 13.7. The summed E-state index contributed by atoms with van der Waals surface area (Å²) in [6, 6.07) is 13.0. The molecule has 2 aromatic carbocycles. The van der Waals surface area contributed by atoms with Crippen LogP contribution in [0, 0.1) is 0 Å². The molecule has 3 heterocycles. The van der Waals surface area contributed by atoms with Crippen molar-refractivity contribution in [2.45, 2.75) is 6.18 Å². The molecule has 0 aliphatic rings. The number of ether oxygens (including phenoxy) is 1. The Balaban J connectivity index is 1.77. The van der Waals surface area contributed by atoms with Gasteiger partial charge in [0.05, 0.1) is 12.7 Å². The van der Waals surface area contributed by atoms with E-state index in [9.17, 15) is 18.0 Å². The summed E-state index contributed by atoms with van der Waals surface area (Å²) in [4.78, 5) is 20.1. The SMILES string of the molecule is COc1cccc2oc(-c3c[nH]c4c(-c5ccccc5)c(C(F)(F)F)nn4c3=O)nc12. The third kappa shape index (κ3) is 2.95. The van der Waals surface area contributed by atoms with Gasteiger partial charge in [0.2, 0.25) is 5.89 Å². The molecule has 10 heteroatoms. The lowest BCUT2D eigenvalue weighted by molar-refractivity contribution is -0.140. The predicted molar refractivity (Wildman–Crippen MR) is 106 cm³/mol. The lowest BCUT2D eigenvalue weighted by Crippen LogP contribution is -2.18. The molecule has 5 aromatic rings. The molecule has 7 nitrogen and oxygen atoms in total. The largest absolute Gasteiger partial charge is 0.494 e. The lowest BCUT2D eigenvalue weighted by atomic mass is 10.1. The fraction of sp³-hybridized carbons (Fsp3) is 0.0952. The number of aromatic amines is 1. The van der Waals surface area contributed by atoms with E-state index in [1.54, 1.807) is 36.4 Å². The maximum absolute atomic E-state index is 13.7. The van der Waals surface area contributed by atoms with E-state index in [2.05, 4.69) is 15.1 Å². The highest BCUT2D eigenvalue weighted by atomic mass is 19.4. The number of rotatable bonds is 3. The monoisotopic (exact) mass is 426 g/mol. The van der Waals surface area contributed by atoms with Crippen molar-refractivity contribution < 1.29 is 22.3 Å². The number of fused-ring (bicyclic) bond motifs is 2. The van der Waals surface area contributed by atoms with E-state index in [4.69, 9.17) is 9.15 Å². The van der Waals surface area contributed by atoms with Crippen LogP contribution in [0.5, 0.6) is 5.75 Å². The first-order valence-electron chi connectivity index (χ1n) is 9.09. The van der Waals surface area contributed by atoms with Gasteiger partial charge in [0.15, 0.2) is 16.8 Å². The van der Waals surface area contributed by atoms with Crippen molar-refractivity contribution in [3.8, 4) is 28.3 Å². The zero-order valence-corrected chi connectivity index (χ0v) is 15.9. The molecule has 1 N–H and O–H groups in total. The van der Waals surface area contributed by atoms with Gasteiger partial charge in [-0.25, -0.2) is 4.98 Å². The third-order valence-electron chi connectivity index (χ3n) is 4.82. The minimum atomic E-state index is -4.76. The number of halogens is 3. The van der Waals surface area contributed by atoms with Crippen molar-refractivity contribution in [1.82, 2.24) is 19.6 Å². The van der Waals surface area contributed by atoms with Crippen LogP contribution in [-0.4, -0.2) is 26.7 Å². The van der Waals surface area contributed by atoms with Crippen LogP contribution in [-0.2, 0) is 6.18 Å². The third-order valence-corrected chi connectivity index (χ3v) is 4.82. The number of nitrogens with one attached hydrogen (secondary N) is 1. The number of hydrogen-bond acceptors (Lipinski definition) is 5. The van der Waals surface area contributed by atoms with Crippen LogP contribution >= 0.6 is 0 Å². The normalized spacial score (nSPS) is 12.0. The first-order chi connectivity index (χ1) is 14.9. The molecule has 0 aliphatic heterocycles. The average molecular weight is 426 g/mol. The fourth-order valence-electron chi connectivity index (χ4n) is 3.45. The van der Waals surface area contributed by atoms with E-state index >= 15 is 0 Å². The van der Waals surface area contributed by atoms with E-state index in [1.807, 2.05) is 0 Å². The molecule has 0 bridgehead atoms. The second-order valence-electron chi connectivity index (χ2n) is 6.68. The van der Waals surface area contributed by atoms with Crippen LogP contribution in [0.1, 0.15) is 5.69 Å². The van der Waals surface area contributed by atoms with Crippen LogP contribution < -0.4 is 10.3 Å². The molecular formula is C21H13F3N4O3. The van der Waals surface area contributed by atoms with Crippen LogP contribution in [0.2, 0.25) is 0 Å². The maximum Gasteiger partial charge on any atom is 0.435 e. The Morgan fingerprint density at radius 2 is 1.87 bits per heavy atom. The van der Waals surface area contributed by atoms with Gasteiger partial charge in [0.1, 0.15) is 17.0 Å². The second-order valence-corrected chi connectivity index (χ2v) is 6.68. The van der Waals surface area contributed by atoms with Crippen LogP contribution in [0.3, 0.4) is 0 Å². The molecule has 31 heavy (non-hydrogen) atoms. The number of benzene rings is 2. The summed E-state index contributed by atoms with van der Waals surface area (Å²) in [6.07, 6.45) is -3.49. The Kier molecular flexibility index (Phi) is 4.10. The molecular weight excluding hydrogens is 413 g/mol. The molecule has 0 spiro atoms. The molecule has 5 rings (SSSR count). The Bertz CT molecular complexity index is 1480. The van der Waals surface area contributed by atoms with Crippen molar-refractivity contribution in [2.75, 3.05) is 7.11 Å². The topological polar surface area (TPSA) is 85.4 Å². The fourth-order valence-corrected chi connectivity index (χ4v) is 3.45. The van der Waals surface area contributed by atoms with Gasteiger partial charge in [-0.1, -0.05) is 36.4 Å². The van der Waals surface area contributed by atoms with Crippen LogP contribution in [0.25, 0.3) is 39.3 Å². The Hall–Kier alpha value is -4.08. The summed E-state index contributed by atoms with van der Waals surface area (Å²) in [5, 5.41) is 3.59. The highest BCUT2D eigenvalue weighted by molar-refractivity contribution is 5.83. The number of para-hydroxylation sites is 1. The summed E-state index contributed by atoms with van der Waals surface area (Å²) in [6.45, 7) is 0. The van der Waals surface area contributed by atoms with Gasteiger partial charge in [-0.2, -0.15) is 22.8 Å². The molecule has 0 atom stereocenters. The number of alkyl halides is 3. The summed E-state index contributed by atoms with van der Waals surface area (Å²) < 4.78 is 52.7. The first-order valence-corrected chi connectivity index (χ1v) is 9.09. The molecule has 0 radical (unpaired) electrons. The molecule has 0 saturated heterocycles. The quantitative estimate of drug-likeness (QED) is 0.458. The van der Waals surface area contributed by atoms with E-state index in [0.717, 1.165) is 0 Å². The predicted octanol–water partition coefficient (Wildman–Crippen LogP) is 4.53.